The fourth-order valence-electron chi connectivity index (χ4n) is 1.83. The molecule has 0 saturated heterocycles. The summed E-state index contributed by atoms with van der Waals surface area (Å²) in [5, 5.41) is 26.7. The summed E-state index contributed by atoms with van der Waals surface area (Å²) in [5.74, 6) is -1.31. The molecule has 10 heteroatoms. The molecule has 0 unspecified atom stereocenters. The van der Waals surface area contributed by atoms with Crippen LogP contribution in [-0.2, 0) is 9.59 Å². The van der Waals surface area contributed by atoms with Crippen LogP contribution < -0.4 is 10.9 Å². The van der Waals surface area contributed by atoms with Crippen molar-refractivity contribution in [3.63, 3.8) is 0 Å². The minimum Gasteiger partial charge on any atom is -0.507 e. The van der Waals surface area contributed by atoms with Gasteiger partial charge in [-0.25, -0.2) is 10.9 Å². The molecule has 2 amide bonds. The molecule has 0 spiro atoms. The molecule has 0 bridgehead atoms. The number of benzene rings is 2. The quantitative estimate of drug-likeness (QED) is 0.278. The normalized spacial score (nSPS) is 11.0. The molecule has 2 aromatic rings. The van der Waals surface area contributed by atoms with E-state index in [0.29, 0.717) is 11.1 Å². The second kappa shape index (κ2) is 9.83. The van der Waals surface area contributed by atoms with Gasteiger partial charge in [0, 0.05) is 20.1 Å². The van der Waals surface area contributed by atoms with Crippen LogP contribution in [0.3, 0.4) is 0 Å². The number of halogens is 2. The smallest absolute Gasteiger partial charge is 0.249 e. The van der Waals surface area contributed by atoms with Gasteiger partial charge in [-0.05, 0) is 36.4 Å². The Bertz CT molecular complexity index is 842. The Morgan fingerprint density at radius 2 is 1.26 bits per heavy atom. The van der Waals surface area contributed by atoms with E-state index >= 15 is 0 Å². The summed E-state index contributed by atoms with van der Waals surface area (Å²) in [6, 6.07) is 9.49. The zero-order chi connectivity index (χ0) is 19.8. The molecule has 0 atom stereocenters. The van der Waals surface area contributed by atoms with Crippen LogP contribution in [-0.4, -0.2) is 34.5 Å². The molecule has 8 nitrogen and oxygen atoms in total. The summed E-state index contributed by atoms with van der Waals surface area (Å²) in [6.45, 7) is 0. The summed E-state index contributed by atoms with van der Waals surface area (Å²) >= 11 is 6.51. The average Bonchev–Trinajstić information content (AvgIpc) is 2.61. The molecule has 0 radical (unpaired) electrons. The largest absolute Gasteiger partial charge is 0.507 e. The van der Waals surface area contributed by atoms with Gasteiger partial charge in [0.05, 0.1) is 12.4 Å². The van der Waals surface area contributed by atoms with E-state index in [0.717, 1.165) is 8.95 Å². The molecular formula is C17H14Br2N4O4. The number of phenols is 2. The van der Waals surface area contributed by atoms with E-state index in [-0.39, 0.29) is 11.5 Å². The van der Waals surface area contributed by atoms with Gasteiger partial charge in [-0.15, -0.1) is 0 Å². The number of rotatable bonds is 6. The number of hydrazone groups is 2. The minimum absolute atomic E-state index is 0.000851. The molecule has 0 aliphatic rings. The van der Waals surface area contributed by atoms with Gasteiger partial charge in [-0.1, -0.05) is 31.9 Å². The summed E-state index contributed by atoms with van der Waals surface area (Å²) < 4.78 is 1.48. The number of carbonyl (C=O) groups excluding carboxylic acids is 2. The lowest BCUT2D eigenvalue weighted by Crippen LogP contribution is -2.27. The zero-order valence-corrected chi connectivity index (χ0v) is 16.9. The van der Waals surface area contributed by atoms with Crippen LogP contribution in [0.15, 0.2) is 55.5 Å². The van der Waals surface area contributed by atoms with Gasteiger partial charge >= 0.3 is 0 Å². The first kappa shape index (κ1) is 20.6. The van der Waals surface area contributed by atoms with Crippen molar-refractivity contribution in [2.24, 2.45) is 10.2 Å². The molecule has 0 heterocycles. The molecule has 4 N–H and O–H groups in total. The monoisotopic (exact) mass is 496 g/mol. The molecule has 0 aliphatic heterocycles. The van der Waals surface area contributed by atoms with Gasteiger partial charge < -0.3 is 10.2 Å². The van der Waals surface area contributed by atoms with Crippen LogP contribution in [0.25, 0.3) is 0 Å². The lowest BCUT2D eigenvalue weighted by Gasteiger charge is -2.01. The fraction of sp³-hybridized carbons (Fsp3) is 0.0588. The number of amides is 2. The number of hydrogen-bond acceptors (Lipinski definition) is 6. The van der Waals surface area contributed by atoms with Crippen molar-refractivity contribution in [3.8, 4) is 11.5 Å². The maximum atomic E-state index is 11.7. The van der Waals surface area contributed by atoms with E-state index in [2.05, 4.69) is 52.9 Å². The Morgan fingerprint density at radius 1 is 0.852 bits per heavy atom. The summed E-state index contributed by atoms with van der Waals surface area (Å²) in [5.41, 5.74) is 5.15. The predicted molar refractivity (Wildman–Crippen MR) is 108 cm³/mol. The molecule has 0 aliphatic carbocycles. The lowest BCUT2D eigenvalue weighted by atomic mass is 10.2. The van der Waals surface area contributed by atoms with E-state index in [1.165, 1.54) is 24.6 Å². The Morgan fingerprint density at radius 3 is 1.67 bits per heavy atom. The van der Waals surface area contributed by atoms with Crippen LogP contribution in [0.2, 0.25) is 0 Å². The van der Waals surface area contributed by atoms with Crippen LogP contribution in [0.5, 0.6) is 11.5 Å². The van der Waals surface area contributed by atoms with Gasteiger partial charge in [0.1, 0.15) is 17.9 Å². The first-order valence-electron chi connectivity index (χ1n) is 7.46. The highest BCUT2D eigenvalue weighted by atomic mass is 79.9. The van der Waals surface area contributed by atoms with Crippen LogP contribution in [0, 0.1) is 0 Å². The zero-order valence-electron chi connectivity index (χ0n) is 13.7. The van der Waals surface area contributed by atoms with Crippen LogP contribution >= 0.6 is 31.9 Å². The summed E-state index contributed by atoms with van der Waals surface area (Å²) in [4.78, 5) is 23.3. The average molecular weight is 498 g/mol. The third-order valence-corrected chi connectivity index (χ3v) is 4.07. The van der Waals surface area contributed by atoms with E-state index < -0.39 is 18.2 Å². The predicted octanol–water partition coefficient (Wildman–Crippen LogP) is 2.61. The molecule has 140 valence electrons. The van der Waals surface area contributed by atoms with Gasteiger partial charge in [-0.3, -0.25) is 9.59 Å². The number of carbonyl (C=O) groups is 2. The molecular weight excluding hydrogens is 484 g/mol. The van der Waals surface area contributed by atoms with Crippen molar-refractivity contribution in [1.29, 1.82) is 0 Å². The van der Waals surface area contributed by atoms with E-state index in [1.54, 1.807) is 24.3 Å². The standard InChI is InChI=1S/C17H14Br2N4O4/c18-12-1-3-14(24)10(5-12)8-20-22-16(26)7-17(27)23-21-9-11-6-13(19)2-4-15(11)25/h1-6,8-9,24-25H,7H2,(H,22,26)(H,23,27)/b20-8+,21-9+. The number of aromatic hydroxyl groups is 2. The number of nitrogens with one attached hydrogen (secondary N) is 2. The first-order valence-corrected chi connectivity index (χ1v) is 9.04. The second-order valence-corrected chi connectivity index (χ2v) is 7.00. The molecule has 0 fully saturated rings. The van der Waals surface area contributed by atoms with Crippen molar-refractivity contribution in [2.75, 3.05) is 0 Å². The van der Waals surface area contributed by atoms with E-state index in [4.69, 9.17) is 0 Å². The maximum absolute atomic E-state index is 11.7. The number of phenolic OH excluding ortho intramolecular Hbond substituents is 2. The highest BCUT2D eigenvalue weighted by Gasteiger charge is 2.08. The first-order chi connectivity index (χ1) is 12.8. The highest BCUT2D eigenvalue weighted by Crippen LogP contribution is 2.20. The van der Waals surface area contributed by atoms with Crippen molar-refractivity contribution >= 4 is 56.1 Å². The van der Waals surface area contributed by atoms with Crippen LogP contribution in [0.1, 0.15) is 17.5 Å². The summed E-state index contributed by atoms with van der Waals surface area (Å²) in [7, 11) is 0. The molecule has 27 heavy (non-hydrogen) atoms. The van der Waals surface area contributed by atoms with E-state index in [1.807, 2.05) is 0 Å². The van der Waals surface area contributed by atoms with E-state index in [9.17, 15) is 19.8 Å². The van der Waals surface area contributed by atoms with Gasteiger partial charge in [-0.2, -0.15) is 10.2 Å². The molecule has 2 aromatic carbocycles. The number of hydrogen-bond donors (Lipinski definition) is 4. The Kier molecular flexibility index (Phi) is 7.50. The third kappa shape index (κ3) is 6.83. The van der Waals surface area contributed by atoms with Crippen molar-refractivity contribution in [3.05, 3.63) is 56.5 Å². The molecule has 0 saturated carbocycles. The summed E-state index contributed by atoms with van der Waals surface area (Å²) in [6.07, 6.45) is 2.01. The molecule has 0 aromatic heterocycles. The lowest BCUT2D eigenvalue weighted by molar-refractivity contribution is -0.129. The van der Waals surface area contributed by atoms with Crippen molar-refractivity contribution < 1.29 is 19.8 Å². The Balaban J connectivity index is 1.82. The van der Waals surface area contributed by atoms with Crippen LogP contribution in [0.4, 0.5) is 0 Å². The Hall–Kier alpha value is -2.72. The topological polar surface area (TPSA) is 123 Å². The van der Waals surface area contributed by atoms with Gasteiger partial charge in [0.15, 0.2) is 0 Å². The van der Waals surface area contributed by atoms with Gasteiger partial charge in [0.2, 0.25) is 11.8 Å². The van der Waals surface area contributed by atoms with Gasteiger partial charge in [0.25, 0.3) is 0 Å². The number of nitrogens with zero attached hydrogens (tertiary/aromatic N) is 2. The minimum atomic E-state index is -0.654. The highest BCUT2D eigenvalue weighted by molar-refractivity contribution is 9.10. The molecule has 2 rings (SSSR count). The van der Waals surface area contributed by atoms with Crippen molar-refractivity contribution in [1.82, 2.24) is 10.9 Å². The second-order valence-electron chi connectivity index (χ2n) is 5.17. The SMILES string of the molecule is O=C(CC(=O)N/N=C/c1cc(Br)ccc1O)N/N=C/c1cc(Br)ccc1O. The van der Waals surface area contributed by atoms with Crippen molar-refractivity contribution in [2.45, 2.75) is 6.42 Å². The third-order valence-electron chi connectivity index (χ3n) is 3.09. The Labute approximate surface area is 171 Å². The maximum Gasteiger partial charge on any atom is 0.249 e. The fourth-order valence-corrected chi connectivity index (χ4v) is 2.59.